The molecule has 2 aromatic heterocycles. The van der Waals surface area contributed by atoms with Gasteiger partial charge in [0.1, 0.15) is 17.0 Å². The molecule has 1 amide bonds. The number of benzene rings is 1. The highest BCUT2D eigenvalue weighted by Gasteiger charge is 2.15. The zero-order valence-electron chi connectivity index (χ0n) is 12.9. The van der Waals surface area contributed by atoms with Crippen molar-refractivity contribution in [1.82, 2.24) is 9.66 Å². The van der Waals surface area contributed by atoms with Crippen molar-refractivity contribution in [2.75, 3.05) is 5.43 Å². The number of carbonyl (C=O) groups excluding carboxylic acids is 1. The minimum atomic E-state index is -0.567. The molecule has 0 radical (unpaired) electrons. The normalized spacial score (nSPS) is 11.0. The molecule has 0 aliphatic carbocycles. The summed E-state index contributed by atoms with van der Waals surface area (Å²) in [5.41, 5.74) is 2.98. The van der Waals surface area contributed by atoms with E-state index < -0.39 is 11.7 Å². The lowest BCUT2D eigenvalue weighted by Gasteiger charge is -2.09. The minimum Gasteiger partial charge on any atom is -0.273 e. The Hall–Kier alpha value is -2.25. The van der Waals surface area contributed by atoms with Crippen molar-refractivity contribution in [2.24, 2.45) is 0 Å². The maximum absolute atomic E-state index is 13.7. The van der Waals surface area contributed by atoms with Gasteiger partial charge in [-0.25, -0.2) is 14.1 Å². The molecule has 5 nitrogen and oxygen atoms in total. The Labute approximate surface area is 145 Å². The second-order valence-corrected chi connectivity index (χ2v) is 6.91. The molecule has 0 saturated carbocycles. The van der Waals surface area contributed by atoms with E-state index in [9.17, 15) is 14.0 Å². The average molecular weight is 366 g/mol. The highest BCUT2D eigenvalue weighted by atomic mass is 35.5. The SMILES string of the molecule is Cc1sc2ncn(NC(=O)Cc3c(F)cccc3Cl)c(=O)c2c1C. The van der Waals surface area contributed by atoms with Crippen LogP contribution in [0, 0.1) is 19.7 Å². The molecule has 0 spiro atoms. The van der Waals surface area contributed by atoms with Crippen molar-refractivity contribution in [3.05, 3.63) is 61.7 Å². The van der Waals surface area contributed by atoms with Crippen molar-refractivity contribution < 1.29 is 9.18 Å². The summed E-state index contributed by atoms with van der Waals surface area (Å²) in [6.07, 6.45) is 0.971. The van der Waals surface area contributed by atoms with Crippen LogP contribution in [-0.4, -0.2) is 15.6 Å². The van der Waals surface area contributed by atoms with E-state index >= 15 is 0 Å². The van der Waals surface area contributed by atoms with E-state index in [4.69, 9.17) is 11.6 Å². The molecule has 0 aliphatic rings. The number of aromatic nitrogens is 2. The summed E-state index contributed by atoms with van der Waals surface area (Å²) in [5, 5.41) is 0.639. The van der Waals surface area contributed by atoms with Crippen molar-refractivity contribution in [3.63, 3.8) is 0 Å². The van der Waals surface area contributed by atoms with Gasteiger partial charge in [-0.05, 0) is 31.5 Å². The van der Waals surface area contributed by atoms with E-state index in [0.717, 1.165) is 15.1 Å². The van der Waals surface area contributed by atoms with Gasteiger partial charge < -0.3 is 0 Å². The molecule has 0 bridgehead atoms. The van der Waals surface area contributed by atoms with Crippen LogP contribution in [0.3, 0.4) is 0 Å². The standard InChI is InChI=1S/C16H13ClFN3O2S/c1-8-9(2)24-15-14(8)16(23)21(7-19-15)20-13(22)6-10-11(17)4-3-5-12(10)18/h3-5,7H,6H2,1-2H3,(H,20,22). The predicted molar refractivity (Wildman–Crippen MR) is 92.8 cm³/mol. The van der Waals surface area contributed by atoms with Crippen molar-refractivity contribution in [2.45, 2.75) is 20.3 Å². The molecule has 0 aliphatic heterocycles. The molecule has 8 heteroatoms. The quantitative estimate of drug-likeness (QED) is 0.775. The Morgan fingerprint density at radius 3 is 2.88 bits per heavy atom. The number of aryl methyl sites for hydroxylation is 2. The molecular weight excluding hydrogens is 353 g/mol. The van der Waals surface area contributed by atoms with Crippen molar-refractivity contribution >= 4 is 39.1 Å². The number of rotatable bonds is 3. The van der Waals surface area contributed by atoms with Crippen LogP contribution < -0.4 is 11.0 Å². The highest BCUT2D eigenvalue weighted by Crippen LogP contribution is 2.25. The molecule has 124 valence electrons. The third kappa shape index (κ3) is 2.92. The van der Waals surface area contributed by atoms with E-state index in [1.54, 1.807) is 0 Å². The van der Waals surface area contributed by atoms with Crippen LogP contribution in [0.25, 0.3) is 10.2 Å². The first-order valence-electron chi connectivity index (χ1n) is 7.08. The summed E-state index contributed by atoms with van der Waals surface area (Å²) in [4.78, 5) is 30.4. The van der Waals surface area contributed by atoms with Crippen LogP contribution in [0.2, 0.25) is 5.02 Å². The maximum atomic E-state index is 13.7. The van der Waals surface area contributed by atoms with E-state index in [2.05, 4.69) is 10.4 Å². The molecule has 1 N–H and O–H groups in total. The van der Waals surface area contributed by atoms with E-state index in [1.165, 1.54) is 35.9 Å². The second kappa shape index (κ2) is 6.33. The molecule has 0 atom stereocenters. The van der Waals surface area contributed by atoms with Gasteiger partial charge in [-0.3, -0.25) is 15.0 Å². The first-order chi connectivity index (χ1) is 11.4. The minimum absolute atomic E-state index is 0.0845. The molecule has 3 rings (SSSR count). The van der Waals surface area contributed by atoms with Crippen LogP contribution in [-0.2, 0) is 11.2 Å². The first-order valence-corrected chi connectivity index (χ1v) is 8.28. The van der Waals surface area contributed by atoms with E-state index in [1.807, 2.05) is 13.8 Å². The van der Waals surface area contributed by atoms with Gasteiger partial charge in [0.25, 0.3) is 5.56 Å². The third-order valence-electron chi connectivity index (χ3n) is 3.73. The molecule has 0 fully saturated rings. The Bertz CT molecular complexity index is 992. The van der Waals surface area contributed by atoms with Gasteiger partial charge >= 0.3 is 0 Å². The molecule has 2 heterocycles. The van der Waals surface area contributed by atoms with Gasteiger partial charge in [0.2, 0.25) is 5.91 Å². The topological polar surface area (TPSA) is 64.0 Å². The summed E-state index contributed by atoms with van der Waals surface area (Å²) < 4.78 is 14.8. The summed E-state index contributed by atoms with van der Waals surface area (Å²) in [5.74, 6) is -1.13. The van der Waals surface area contributed by atoms with Gasteiger partial charge in [0.05, 0.1) is 11.8 Å². The number of nitrogens with one attached hydrogen (secondary N) is 1. The van der Waals surface area contributed by atoms with Gasteiger partial charge in [-0.2, -0.15) is 0 Å². The molecule has 0 saturated heterocycles. The van der Waals surface area contributed by atoms with Crippen molar-refractivity contribution in [3.8, 4) is 0 Å². The zero-order chi connectivity index (χ0) is 17.4. The number of thiophene rings is 1. The fraction of sp³-hybridized carbons (Fsp3) is 0.188. The zero-order valence-corrected chi connectivity index (χ0v) is 14.5. The smallest absolute Gasteiger partial charge is 0.273 e. The Balaban J connectivity index is 1.90. The van der Waals surface area contributed by atoms with Crippen molar-refractivity contribution in [1.29, 1.82) is 0 Å². The number of nitrogens with zero attached hydrogens (tertiary/aromatic N) is 2. The Morgan fingerprint density at radius 2 is 2.17 bits per heavy atom. The Morgan fingerprint density at radius 1 is 1.42 bits per heavy atom. The lowest BCUT2D eigenvalue weighted by Crippen LogP contribution is -2.34. The summed E-state index contributed by atoms with van der Waals surface area (Å²) in [6, 6.07) is 4.19. The number of halogens is 2. The predicted octanol–water partition coefficient (Wildman–Crippen LogP) is 3.18. The second-order valence-electron chi connectivity index (χ2n) is 5.30. The molecular formula is C16H13ClFN3O2S. The molecule has 3 aromatic rings. The van der Waals surface area contributed by atoms with E-state index in [-0.39, 0.29) is 22.6 Å². The van der Waals surface area contributed by atoms with E-state index in [0.29, 0.717) is 10.2 Å². The number of carbonyl (C=O) groups is 1. The molecule has 0 unspecified atom stereocenters. The number of hydrogen-bond donors (Lipinski definition) is 1. The van der Waals surface area contributed by atoms with Gasteiger partial charge in [-0.1, -0.05) is 17.7 Å². The fourth-order valence-corrected chi connectivity index (χ4v) is 3.57. The lowest BCUT2D eigenvalue weighted by molar-refractivity contribution is -0.116. The number of fused-ring (bicyclic) bond motifs is 1. The Kier molecular flexibility index (Phi) is 4.38. The van der Waals surface area contributed by atoms with Crippen LogP contribution in [0.4, 0.5) is 4.39 Å². The van der Waals surface area contributed by atoms with Gasteiger partial charge in [0, 0.05) is 15.5 Å². The fourth-order valence-electron chi connectivity index (χ4n) is 2.35. The van der Waals surface area contributed by atoms with Gasteiger partial charge in [-0.15, -0.1) is 11.3 Å². The lowest BCUT2D eigenvalue weighted by atomic mass is 10.1. The number of hydrogen-bond acceptors (Lipinski definition) is 4. The van der Waals surface area contributed by atoms with Crippen LogP contribution >= 0.6 is 22.9 Å². The van der Waals surface area contributed by atoms with Crippen LogP contribution in [0.15, 0.2) is 29.3 Å². The van der Waals surface area contributed by atoms with Gasteiger partial charge in [0.15, 0.2) is 0 Å². The third-order valence-corrected chi connectivity index (χ3v) is 5.20. The monoisotopic (exact) mass is 365 g/mol. The maximum Gasteiger partial charge on any atom is 0.281 e. The molecule has 24 heavy (non-hydrogen) atoms. The largest absolute Gasteiger partial charge is 0.281 e. The summed E-state index contributed by atoms with van der Waals surface area (Å²) in [7, 11) is 0. The van der Waals surface area contributed by atoms with Crippen LogP contribution in [0.5, 0.6) is 0 Å². The number of amides is 1. The highest BCUT2D eigenvalue weighted by molar-refractivity contribution is 7.18. The first kappa shape index (κ1) is 16.6. The summed E-state index contributed by atoms with van der Waals surface area (Å²) in [6.45, 7) is 3.74. The van der Waals surface area contributed by atoms with Crippen LogP contribution in [0.1, 0.15) is 16.0 Å². The molecule has 1 aromatic carbocycles. The summed E-state index contributed by atoms with van der Waals surface area (Å²) >= 11 is 7.33. The average Bonchev–Trinajstić information content (AvgIpc) is 2.82.